The maximum absolute atomic E-state index is 11.0. The van der Waals surface area contributed by atoms with Crippen molar-refractivity contribution in [3.63, 3.8) is 0 Å². The predicted molar refractivity (Wildman–Crippen MR) is 59.4 cm³/mol. The quantitative estimate of drug-likeness (QED) is 0.459. The molecule has 0 unspecified atom stereocenters. The van der Waals surface area contributed by atoms with Crippen molar-refractivity contribution in [3.8, 4) is 0 Å². The molecule has 0 saturated heterocycles. The summed E-state index contributed by atoms with van der Waals surface area (Å²) in [6.45, 7) is 1.62. The maximum atomic E-state index is 11.0. The molecule has 0 atom stereocenters. The molecule has 1 heterocycles. The zero-order valence-corrected chi connectivity index (χ0v) is 8.96. The zero-order valence-electron chi connectivity index (χ0n) is 6.80. The summed E-state index contributed by atoms with van der Waals surface area (Å²) < 4.78 is 2.91. The molecule has 62 valence electrons. The number of Topliss-reactive ketones (excluding diaryl/α,β-unsaturated/α-hetero) is 1. The van der Waals surface area contributed by atoms with Crippen molar-refractivity contribution in [1.82, 2.24) is 0 Å². The molecule has 1 aliphatic heterocycles. The number of rotatable bonds is 2. The molecular formula is C10H9IO. The maximum Gasteiger partial charge on any atom is 0.159 e. The fourth-order valence-electron chi connectivity index (χ4n) is 1.09. The van der Waals surface area contributed by atoms with Crippen molar-refractivity contribution in [3.05, 3.63) is 35.4 Å². The number of hydrogen-bond donors (Lipinski definition) is 0. The third-order valence-electron chi connectivity index (χ3n) is 1.85. The minimum atomic E-state index is 0.163. The van der Waals surface area contributed by atoms with Crippen molar-refractivity contribution in [2.24, 2.45) is 0 Å². The largest absolute Gasteiger partial charge is 0.295 e. The number of benzene rings is 1. The molecule has 0 aromatic heterocycles. The molecule has 0 saturated carbocycles. The van der Waals surface area contributed by atoms with E-state index >= 15 is 0 Å². The summed E-state index contributed by atoms with van der Waals surface area (Å²) in [5.41, 5.74) is 2.14. The lowest BCUT2D eigenvalue weighted by Crippen LogP contribution is -1.94. The average Bonchev–Trinajstić information content (AvgIpc) is 2.87. The van der Waals surface area contributed by atoms with Gasteiger partial charge in [0.05, 0.1) is 0 Å². The summed E-state index contributed by atoms with van der Waals surface area (Å²) in [7, 11) is 0. The van der Waals surface area contributed by atoms with Crippen LogP contribution in [-0.4, -0.2) is 13.7 Å². The van der Waals surface area contributed by atoms with Gasteiger partial charge in [-0.15, -0.1) is 20.7 Å². The first-order chi connectivity index (χ1) is 5.77. The number of alkyl halides is 1. The van der Waals surface area contributed by atoms with Crippen LogP contribution in [0, 0.1) is 0 Å². The van der Waals surface area contributed by atoms with Gasteiger partial charge in [0.15, 0.2) is 5.78 Å². The molecule has 0 bridgehead atoms. The van der Waals surface area contributed by atoms with Gasteiger partial charge in [0.2, 0.25) is 0 Å². The number of carbonyl (C=O) groups excluding carboxylic acids is 1. The van der Waals surface area contributed by atoms with E-state index < -0.39 is 0 Å². The van der Waals surface area contributed by atoms with Crippen LogP contribution in [0.3, 0.4) is 0 Å². The molecule has 0 N–H and O–H groups in total. The Kier molecular flexibility index (Phi) is 2.09. The fraction of sp³-hybridized carbons (Fsp3) is 0.200. The summed E-state index contributed by atoms with van der Waals surface area (Å²) >= 11 is 0.368. The van der Waals surface area contributed by atoms with Crippen molar-refractivity contribution in [2.45, 2.75) is 6.92 Å². The van der Waals surface area contributed by atoms with Gasteiger partial charge in [-0.2, -0.15) is 0 Å². The SMILES string of the molecule is CC(=O)c1cccc(C2=IC2)c1. The summed E-state index contributed by atoms with van der Waals surface area (Å²) in [5.74, 6) is 0.163. The molecule has 1 nitrogen and oxygen atoms in total. The minimum Gasteiger partial charge on any atom is -0.295 e. The van der Waals surface area contributed by atoms with Gasteiger partial charge < -0.3 is 0 Å². The molecule has 0 amide bonds. The van der Waals surface area contributed by atoms with Crippen molar-refractivity contribution >= 4 is 30.0 Å². The molecular weight excluding hydrogens is 263 g/mol. The van der Waals surface area contributed by atoms with Crippen LogP contribution in [0.2, 0.25) is 0 Å². The Morgan fingerprint density at radius 3 is 2.83 bits per heavy atom. The van der Waals surface area contributed by atoms with Crippen molar-refractivity contribution < 1.29 is 4.79 Å². The first-order valence-electron chi connectivity index (χ1n) is 3.84. The highest BCUT2D eigenvalue weighted by atomic mass is 127. The van der Waals surface area contributed by atoms with E-state index in [2.05, 4.69) is 6.07 Å². The lowest BCUT2D eigenvalue weighted by atomic mass is 10.1. The van der Waals surface area contributed by atoms with Gasteiger partial charge in [0.25, 0.3) is 0 Å². The molecule has 1 aliphatic rings. The van der Waals surface area contributed by atoms with Gasteiger partial charge in [-0.1, -0.05) is 18.2 Å². The number of hydrogen-bond acceptors (Lipinski definition) is 1. The molecule has 2 rings (SSSR count). The molecule has 1 aromatic carbocycles. The number of carbonyl (C=O) groups is 1. The van der Waals surface area contributed by atoms with E-state index in [9.17, 15) is 4.79 Å². The van der Waals surface area contributed by atoms with Crippen molar-refractivity contribution in [2.75, 3.05) is 4.43 Å². The number of halogens is 1. The standard InChI is InChI=1S/C10H9IO/c1-7(12)8-3-2-4-9(5-8)10-6-11-10/h2-5H,6H2,1H3. The van der Waals surface area contributed by atoms with Crippen LogP contribution in [0.5, 0.6) is 0 Å². The lowest BCUT2D eigenvalue weighted by Gasteiger charge is -1.97. The van der Waals surface area contributed by atoms with E-state index in [0.717, 1.165) is 5.56 Å². The minimum absolute atomic E-state index is 0.163. The van der Waals surface area contributed by atoms with Gasteiger partial charge in [0.1, 0.15) is 0 Å². The topological polar surface area (TPSA) is 17.1 Å². The van der Waals surface area contributed by atoms with Crippen LogP contribution >= 0.6 is 20.7 Å². The first kappa shape index (κ1) is 8.10. The third-order valence-corrected chi connectivity index (χ3v) is 4.00. The molecule has 2 heteroatoms. The average molecular weight is 272 g/mol. The van der Waals surface area contributed by atoms with E-state index in [-0.39, 0.29) is 5.78 Å². The molecule has 0 spiro atoms. The van der Waals surface area contributed by atoms with E-state index in [0.29, 0.717) is 20.7 Å². The summed E-state index contributed by atoms with van der Waals surface area (Å²) in [6, 6.07) is 7.98. The second-order valence-electron chi connectivity index (χ2n) is 2.81. The molecule has 1 aromatic rings. The van der Waals surface area contributed by atoms with Gasteiger partial charge >= 0.3 is 0 Å². The fourth-order valence-corrected chi connectivity index (χ4v) is 2.50. The normalized spacial score (nSPS) is 14.6. The van der Waals surface area contributed by atoms with Crippen LogP contribution in [0.4, 0.5) is 0 Å². The van der Waals surface area contributed by atoms with E-state index in [1.807, 2.05) is 18.2 Å². The van der Waals surface area contributed by atoms with E-state index in [1.54, 1.807) is 10.4 Å². The van der Waals surface area contributed by atoms with Crippen LogP contribution in [0.1, 0.15) is 22.8 Å². The van der Waals surface area contributed by atoms with E-state index in [1.165, 1.54) is 9.99 Å². The van der Waals surface area contributed by atoms with Crippen LogP contribution < -0.4 is 0 Å². The summed E-state index contributed by atoms with van der Waals surface area (Å²) in [6.07, 6.45) is 0. The second kappa shape index (κ2) is 3.09. The third kappa shape index (κ3) is 1.63. The Bertz CT molecular complexity index is 349. The van der Waals surface area contributed by atoms with Crippen LogP contribution in [0.15, 0.2) is 24.3 Å². The highest BCUT2D eigenvalue weighted by molar-refractivity contribution is 14.2. The highest BCUT2D eigenvalue weighted by Crippen LogP contribution is 2.25. The van der Waals surface area contributed by atoms with Gasteiger partial charge in [-0.25, -0.2) is 0 Å². The summed E-state index contributed by atoms with van der Waals surface area (Å²) in [5, 5.41) is 0. The second-order valence-corrected chi connectivity index (χ2v) is 5.64. The first-order valence-corrected chi connectivity index (χ1v) is 6.44. The van der Waals surface area contributed by atoms with Gasteiger partial charge in [-0.3, -0.25) is 4.79 Å². The zero-order chi connectivity index (χ0) is 8.55. The Hall–Kier alpha value is -0.510. The highest BCUT2D eigenvalue weighted by Gasteiger charge is 2.11. The van der Waals surface area contributed by atoms with Crippen molar-refractivity contribution in [1.29, 1.82) is 0 Å². The predicted octanol–water partition coefficient (Wildman–Crippen LogP) is 2.39. The van der Waals surface area contributed by atoms with Gasteiger partial charge in [0, 0.05) is 9.99 Å². The Morgan fingerprint density at radius 2 is 2.25 bits per heavy atom. The molecule has 0 radical (unpaired) electrons. The van der Waals surface area contributed by atoms with E-state index in [4.69, 9.17) is 0 Å². The molecule has 0 fully saturated rings. The summed E-state index contributed by atoms with van der Waals surface area (Å²) in [4.78, 5) is 11.0. The van der Waals surface area contributed by atoms with Crippen LogP contribution in [0.25, 0.3) is 0 Å². The smallest absolute Gasteiger partial charge is 0.159 e. The number of ketones is 1. The Morgan fingerprint density at radius 1 is 1.50 bits per heavy atom. The molecule has 0 aliphatic carbocycles. The Balaban J connectivity index is 2.39. The monoisotopic (exact) mass is 272 g/mol. The van der Waals surface area contributed by atoms with Gasteiger partial charge in [-0.05, 0) is 22.1 Å². The lowest BCUT2D eigenvalue weighted by molar-refractivity contribution is 0.101. The molecule has 12 heavy (non-hydrogen) atoms. The Labute approximate surface area is 81.5 Å². The van der Waals surface area contributed by atoms with Crippen LogP contribution in [-0.2, 0) is 0 Å².